The molecule has 0 radical (unpaired) electrons. The van der Waals surface area contributed by atoms with E-state index in [1.54, 1.807) is 60.0 Å². The van der Waals surface area contributed by atoms with Crippen LogP contribution in [0.1, 0.15) is 27.9 Å². The van der Waals surface area contributed by atoms with Gasteiger partial charge in [0.2, 0.25) is 0 Å². The molecule has 7 heteroatoms. The van der Waals surface area contributed by atoms with E-state index < -0.39 is 5.97 Å². The van der Waals surface area contributed by atoms with Crippen LogP contribution in [0, 0.1) is 0 Å². The van der Waals surface area contributed by atoms with Gasteiger partial charge in [0.05, 0.1) is 11.6 Å². The fourth-order valence-electron chi connectivity index (χ4n) is 2.57. The second-order valence-electron chi connectivity index (χ2n) is 5.30. The predicted molar refractivity (Wildman–Crippen MR) is 100 cm³/mol. The van der Waals surface area contributed by atoms with E-state index in [0.717, 1.165) is 0 Å². The number of aromatic nitrogens is 2. The molecule has 0 saturated heterocycles. The van der Waals surface area contributed by atoms with Gasteiger partial charge in [-0.25, -0.2) is 9.78 Å². The van der Waals surface area contributed by atoms with Gasteiger partial charge in [0.1, 0.15) is 11.5 Å². The molecule has 2 aromatic carbocycles. The lowest BCUT2D eigenvalue weighted by molar-refractivity contribution is 0.0518. The number of rotatable bonds is 5. The first kappa shape index (κ1) is 18.2. The van der Waals surface area contributed by atoms with Crippen LogP contribution in [0.25, 0.3) is 17.1 Å². The van der Waals surface area contributed by atoms with Gasteiger partial charge in [0, 0.05) is 16.3 Å². The summed E-state index contributed by atoms with van der Waals surface area (Å²) in [5.74, 6) is -0.307. The van der Waals surface area contributed by atoms with Crippen molar-refractivity contribution in [1.29, 1.82) is 0 Å². The molecular formula is C19H14Cl2N2O3. The van der Waals surface area contributed by atoms with Crippen molar-refractivity contribution >= 4 is 35.5 Å². The fourth-order valence-corrected chi connectivity index (χ4v) is 2.91. The van der Waals surface area contributed by atoms with Gasteiger partial charge in [-0.05, 0) is 43.3 Å². The number of esters is 1. The van der Waals surface area contributed by atoms with Gasteiger partial charge in [-0.2, -0.15) is 0 Å². The summed E-state index contributed by atoms with van der Waals surface area (Å²) in [7, 11) is 0. The highest BCUT2D eigenvalue weighted by Crippen LogP contribution is 2.31. The van der Waals surface area contributed by atoms with Crippen LogP contribution in [0.5, 0.6) is 0 Å². The minimum atomic E-state index is -0.671. The first-order chi connectivity index (χ1) is 12.6. The maximum atomic E-state index is 12.3. The summed E-state index contributed by atoms with van der Waals surface area (Å²) in [6.45, 7) is 1.86. The van der Waals surface area contributed by atoms with Crippen molar-refractivity contribution in [3.63, 3.8) is 0 Å². The Hall–Kier alpha value is -2.63. The van der Waals surface area contributed by atoms with Crippen LogP contribution in [0.15, 0.2) is 48.5 Å². The lowest BCUT2D eigenvalue weighted by Gasteiger charge is -2.11. The normalized spacial score (nSPS) is 10.6. The molecule has 0 unspecified atom stereocenters. The van der Waals surface area contributed by atoms with Gasteiger partial charge in [-0.1, -0.05) is 35.3 Å². The summed E-state index contributed by atoms with van der Waals surface area (Å²) in [5, 5.41) is 0.993. The van der Waals surface area contributed by atoms with Crippen LogP contribution in [-0.4, -0.2) is 28.4 Å². The maximum Gasteiger partial charge on any atom is 0.359 e. The number of halogens is 2. The lowest BCUT2D eigenvalue weighted by Crippen LogP contribution is -2.09. The van der Waals surface area contributed by atoms with Crippen LogP contribution in [0.3, 0.4) is 0 Å². The Morgan fingerprint density at radius 1 is 1.15 bits per heavy atom. The predicted octanol–water partition coefficient (Wildman–Crippen LogP) is 4.84. The Balaban J connectivity index is 2.31. The van der Waals surface area contributed by atoms with E-state index in [1.165, 1.54) is 0 Å². The number of ether oxygens (including phenoxy) is 1. The summed E-state index contributed by atoms with van der Waals surface area (Å²) in [6.07, 6.45) is 0.578. The first-order valence-corrected chi connectivity index (χ1v) is 8.58. The second kappa shape index (κ2) is 7.72. The van der Waals surface area contributed by atoms with Gasteiger partial charge < -0.3 is 4.74 Å². The maximum absolute atomic E-state index is 12.3. The van der Waals surface area contributed by atoms with Crippen LogP contribution < -0.4 is 0 Å². The number of benzene rings is 2. The SMILES string of the molecule is CCOC(=O)c1nc(-c2ccccc2Cl)n(-c2ccc(Cl)cc2)c1C=O. The highest BCUT2D eigenvalue weighted by molar-refractivity contribution is 6.33. The summed E-state index contributed by atoms with van der Waals surface area (Å²) in [6, 6.07) is 13.9. The monoisotopic (exact) mass is 388 g/mol. The van der Waals surface area contributed by atoms with E-state index >= 15 is 0 Å². The van der Waals surface area contributed by atoms with Crippen molar-refractivity contribution in [2.75, 3.05) is 6.61 Å². The number of hydrogen-bond donors (Lipinski definition) is 0. The van der Waals surface area contributed by atoms with Gasteiger partial charge in [0.15, 0.2) is 12.0 Å². The molecule has 0 bridgehead atoms. The fraction of sp³-hybridized carbons (Fsp3) is 0.105. The number of aldehydes is 1. The number of carbonyl (C=O) groups excluding carboxylic acids is 2. The van der Waals surface area contributed by atoms with Crippen molar-refractivity contribution in [2.24, 2.45) is 0 Å². The first-order valence-electron chi connectivity index (χ1n) is 7.82. The Bertz CT molecular complexity index is 965. The number of imidazole rings is 1. The molecule has 1 aromatic heterocycles. The molecule has 0 aliphatic rings. The average Bonchev–Trinajstić information content (AvgIpc) is 3.02. The molecule has 0 fully saturated rings. The van der Waals surface area contributed by atoms with Gasteiger partial charge >= 0.3 is 5.97 Å². The lowest BCUT2D eigenvalue weighted by atomic mass is 10.2. The smallest absolute Gasteiger partial charge is 0.359 e. The zero-order chi connectivity index (χ0) is 18.7. The summed E-state index contributed by atoms with van der Waals surface area (Å²) >= 11 is 12.3. The third kappa shape index (κ3) is 3.36. The van der Waals surface area contributed by atoms with Gasteiger partial charge in [0.25, 0.3) is 0 Å². The minimum absolute atomic E-state index is 0.0632. The Morgan fingerprint density at radius 2 is 1.85 bits per heavy atom. The molecule has 0 atom stereocenters. The molecule has 0 N–H and O–H groups in total. The van der Waals surface area contributed by atoms with E-state index in [1.807, 2.05) is 0 Å². The van der Waals surface area contributed by atoms with Crippen molar-refractivity contribution in [2.45, 2.75) is 6.92 Å². The molecule has 5 nitrogen and oxygen atoms in total. The molecule has 0 saturated carbocycles. The Labute approximate surface area is 160 Å². The third-order valence-electron chi connectivity index (χ3n) is 3.69. The molecule has 132 valence electrons. The minimum Gasteiger partial charge on any atom is -0.461 e. The molecule has 1 heterocycles. The standard InChI is InChI=1S/C19H14Cl2N2O3/c1-2-26-19(25)17-16(11-24)23(13-9-7-12(20)8-10-13)18(22-17)14-5-3-4-6-15(14)21/h3-11H,2H2,1H3. The van der Waals surface area contributed by atoms with Crippen LogP contribution in [0.2, 0.25) is 10.0 Å². The van der Waals surface area contributed by atoms with E-state index in [2.05, 4.69) is 4.98 Å². The largest absolute Gasteiger partial charge is 0.461 e. The summed E-state index contributed by atoms with van der Waals surface area (Å²) in [5.41, 5.74) is 1.23. The van der Waals surface area contributed by atoms with E-state index in [4.69, 9.17) is 27.9 Å². The van der Waals surface area contributed by atoms with E-state index in [9.17, 15) is 9.59 Å². The highest BCUT2D eigenvalue weighted by atomic mass is 35.5. The molecular weight excluding hydrogens is 375 g/mol. The quantitative estimate of drug-likeness (QED) is 0.463. The molecule has 0 spiro atoms. The number of nitrogens with zero attached hydrogens (tertiary/aromatic N) is 2. The molecule has 0 aliphatic carbocycles. The Morgan fingerprint density at radius 3 is 2.46 bits per heavy atom. The average molecular weight is 389 g/mol. The second-order valence-corrected chi connectivity index (χ2v) is 6.14. The van der Waals surface area contributed by atoms with E-state index in [0.29, 0.717) is 33.4 Å². The van der Waals surface area contributed by atoms with Crippen LogP contribution >= 0.6 is 23.2 Å². The number of hydrogen-bond acceptors (Lipinski definition) is 4. The van der Waals surface area contributed by atoms with Crippen molar-refractivity contribution in [3.8, 4) is 17.1 Å². The zero-order valence-corrected chi connectivity index (χ0v) is 15.3. The third-order valence-corrected chi connectivity index (χ3v) is 4.27. The van der Waals surface area contributed by atoms with Crippen LogP contribution in [0.4, 0.5) is 0 Å². The van der Waals surface area contributed by atoms with Gasteiger partial charge in [-0.15, -0.1) is 0 Å². The molecule has 3 rings (SSSR count). The van der Waals surface area contributed by atoms with Crippen molar-refractivity contribution in [1.82, 2.24) is 9.55 Å². The summed E-state index contributed by atoms with van der Waals surface area (Å²) in [4.78, 5) is 28.4. The topological polar surface area (TPSA) is 61.2 Å². The molecule has 0 aliphatic heterocycles. The summed E-state index contributed by atoms with van der Waals surface area (Å²) < 4.78 is 6.60. The van der Waals surface area contributed by atoms with Gasteiger partial charge in [-0.3, -0.25) is 9.36 Å². The molecule has 3 aromatic rings. The zero-order valence-electron chi connectivity index (χ0n) is 13.8. The highest BCUT2D eigenvalue weighted by Gasteiger charge is 2.25. The van der Waals surface area contributed by atoms with Crippen LogP contribution in [-0.2, 0) is 4.74 Å². The van der Waals surface area contributed by atoms with E-state index in [-0.39, 0.29) is 18.0 Å². The molecule has 26 heavy (non-hydrogen) atoms. The Kier molecular flexibility index (Phi) is 5.40. The van der Waals surface area contributed by atoms with Crippen molar-refractivity contribution < 1.29 is 14.3 Å². The number of carbonyl (C=O) groups is 2. The molecule has 0 amide bonds. The van der Waals surface area contributed by atoms with Crippen molar-refractivity contribution in [3.05, 3.63) is 70.0 Å².